The minimum absolute atomic E-state index is 0.150. The summed E-state index contributed by atoms with van der Waals surface area (Å²) in [6, 6.07) is 11.1. The average Bonchev–Trinajstić information content (AvgIpc) is 2.34. The minimum Gasteiger partial charge on any atom is -0.307 e. The lowest BCUT2D eigenvalue weighted by molar-refractivity contribution is 0.102. The van der Waals surface area contributed by atoms with Gasteiger partial charge in [-0.1, -0.05) is 6.07 Å². The number of aryl methyl sites for hydroxylation is 1. The molecule has 0 saturated heterocycles. The summed E-state index contributed by atoms with van der Waals surface area (Å²) in [5.74, 6) is 0.405. The van der Waals surface area contributed by atoms with E-state index in [4.69, 9.17) is 0 Å². The zero-order chi connectivity index (χ0) is 13.1. The summed E-state index contributed by atoms with van der Waals surface area (Å²) in [6.07, 6.45) is 0. The number of aromatic nitrogens is 1. The van der Waals surface area contributed by atoms with Gasteiger partial charge in [-0.05, 0) is 75.8 Å². The Bertz CT molecular complexity index is 601. The number of halogens is 2. The van der Waals surface area contributed by atoms with E-state index in [9.17, 15) is 4.79 Å². The molecule has 0 unspecified atom stereocenters. The summed E-state index contributed by atoms with van der Waals surface area (Å²) >= 11 is 5.55. The highest BCUT2D eigenvalue weighted by Crippen LogP contribution is 2.17. The van der Waals surface area contributed by atoms with Crippen molar-refractivity contribution in [3.05, 3.63) is 55.7 Å². The van der Waals surface area contributed by atoms with Crippen molar-refractivity contribution in [2.24, 2.45) is 0 Å². The molecule has 1 N–H and O–H groups in total. The van der Waals surface area contributed by atoms with Crippen LogP contribution < -0.4 is 5.32 Å². The van der Waals surface area contributed by atoms with Crippen LogP contribution in [0.5, 0.6) is 0 Å². The lowest BCUT2D eigenvalue weighted by Crippen LogP contribution is -2.13. The molecule has 0 atom stereocenters. The number of anilines is 1. The summed E-state index contributed by atoms with van der Waals surface area (Å²) in [4.78, 5) is 16.3. The molecule has 0 aliphatic rings. The molecule has 1 amide bonds. The first kappa shape index (κ1) is 13.5. The van der Waals surface area contributed by atoms with Gasteiger partial charge in [0.1, 0.15) is 5.82 Å². The first-order valence-electron chi connectivity index (χ1n) is 5.26. The van der Waals surface area contributed by atoms with Gasteiger partial charge in [0, 0.05) is 13.6 Å². The van der Waals surface area contributed by atoms with Crippen LogP contribution in [0.3, 0.4) is 0 Å². The summed E-state index contributed by atoms with van der Waals surface area (Å²) in [5.41, 5.74) is 1.47. The van der Waals surface area contributed by atoms with Crippen LogP contribution in [0, 0.1) is 10.5 Å². The number of hydrogen-bond donors (Lipinski definition) is 1. The van der Waals surface area contributed by atoms with E-state index in [0.717, 1.165) is 13.7 Å². The summed E-state index contributed by atoms with van der Waals surface area (Å²) < 4.78 is 1.95. The SMILES string of the molecule is Cc1nc(NC(=O)c2cccc(I)c2)ccc1Br. The van der Waals surface area contributed by atoms with Crippen LogP contribution in [0.1, 0.15) is 16.1 Å². The molecular weight excluding hydrogens is 407 g/mol. The average molecular weight is 417 g/mol. The van der Waals surface area contributed by atoms with Crippen molar-refractivity contribution in [3.63, 3.8) is 0 Å². The van der Waals surface area contributed by atoms with E-state index in [0.29, 0.717) is 11.4 Å². The first-order chi connectivity index (χ1) is 8.56. The van der Waals surface area contributed by atoms with E-state index in [2.05, 4.69) is 48.8 Å². The molecular formula is C13H10BrIN2O. The maximum absolute atomic E-state index is 12.0. The highest BCUT2D eigenvalue weighted by molar-refractivity contribution is 14.1. The molecule has 5 heteroatoms. The molecule has 2 aromatic rings. The van der Waals surface area contributed by atoms with Crippen LogP contribution in [0.25, 0.3) is 0 Å². The van der Waals surface area contributed by atoms with Crippen LogP contribution in [0.15, 0.2) is 40.9 Å². The van der Waals surface area contributed by atoms with E-state index >= 15 is 0 Å². The van der Waals surface area contributed by atoms with Gasteiger partial charge in [0.05, 0.1) is 5.69 Å². The summed E-state index contributed by atoms with van der Waals surface area (Å²) in [7, 11) is 0. The van der Waals surface area contributed by atoms with Crippen LogP contribution >= 0.6 is 38.5 Å². The molecule has 1 aromatic carbocycles. The molecule has 0 aliphatic carbocycles. The number of hydrogen-bond acceptors (Lipinski definition) is 2. The number of rotatable bonds is 2. The van der Waals surface area contributed by atoms with Gasteiger partial charge in [0.2, 0.25) is 0 Å². The van der Waals surface area contributed by atoms with Crippen LogP contribution in [0.2, 0.25) is 0 Å². The standard InChI is InChI=1S/C13H10BrIN2O/c1-8-11(14)5-6-12(16-8)17-13(18)9-3-2-4-10(15)7-9/h2-7H,1H3,(H,16,17,18). The van der Waals surface area contributed by atoms with Gasteiger partial charge < -0.3 is 5.32 Å². The fourth-order valence-electron chi connectivity index (χ4n) is 1.43. The molecule has 0 bridgehead atoms. The Labute approximate surface area is 127 Å². The van der Waals surface area contributed by atoms with Crippen LogP contribution in [0.4, 0.5) is 5.82 Å². The molecule has 0 spiro atoms. The van der Waals surface area contributed by atoms with Crippen molar-refractivity contribution in [2.45, 2.75) is 6.92 Å². The fourth-order valence-corrected chi connectivity index (χ4v) is 2.20. The number of benzene rings is 1. The number of pyridine rings is 1. The van der Waals surface area contributed by atoms with Gasteiger partial charge in [-0.15, -0.1) is 0 Å². The number of amides is 1. The van der Waals surface area contributed by atoms with Crippen LogP contribution in [-0.2, 0) is 0 Å². The first-order valence-corrected chi connectivity index (χ1v) is 7.13. The van der Waals surface area contributed by atoms with Crippen molar-refractivity contribution >= 4 is 50.2 Å². The maximum atomic E-state index is 12.0. The predicted molar refractivity (Wildman–Crippen MR) is 83.8 cm³/mol. The molecule has 18 heavy (non-hydrogen) atoms. The molecule has 3 nitrogen and oxygen atoms in total. The van der Waals surface area contributed by atoms with E-state index < -0.39 is 0 Å². The zero-order valence-electron chi connectivity index (χ0n) is 9.58. The van der Waals surface area contributed by atoms with Crippen molar-refractivity contribution in [1.29, 1.82) is 0 Å². The number of carbonyl (C=O) groups is 1. The highest BCUT2D eigenvalue weighted by Gasteiger charge is 2.07. The van der Waals surface area contributed by atoms with E-state index in [1.165, 1.54) is 0 Å². The molecule has 0 radical (unpaired) electrons. The molecule has 1 aromatic heterocycles. The maximum Gasteiger partial charge on any atom is 0.256 e. The number of nitrogens with one attached hydrogen (secondary N) is 1. The molecule has 0 saturated carbocycles. The summed E-state index contributed by atoms with van der Waals surface area (Å²) in [5, 5.41) is 2.78. The lowest BCUT2D eigenvalue weighted by atomic mass is 10.2. The Morgan fingerprint density at radius 2 is 2.11 bits per heavy atom. The second-order valence-electron chi connectivity index (χ2n) is 3.73. The normalized spacial score (nSPS) is 10.2. The van der Waals surface area contributed by atoms with Crippen molar-refractivity contribution in [1.82, 2.24) is 4.98 Å². The number of carbonyl (C=O) groups excluding carboxylic acids is 1. The minimum atomic E-state index is -0.150. The van der Waals surface area contributed by atoms with Gasteiger partial charge in [0.15, 0.2) is 0 Å². The van der Waals surface area contributed by atoms with Gasteiger partial charge in [-0.2, -0.15) is 0 Å². The Hall–Kier alpha value is -0.950. The predicted octanol–water partition coefficient (Wildman–Crippen LogP) is 4.01. The van der Waals surface area contributed by atoms with Crippen molar-refractivity contribution in [3.8, 4) is 0 Å². The smallest absolute Gasteiger partial charge is 0.256 e. The molecule has 92 valence electrons. The molecule has 1 heterocycles. The second-order valence-corrected chi connectivity index (χ2v) is 5.83. The largest absolute Gasteiger partial charge is 0.307 e. The third kappa shape index (κ3) is 3.29. The third-order valence-corrected chi connectivity index (χ3v) is 3.86. The van der Waals surface area contributed by atoms with Crippen LogP contribution in [-0.4, -0.2) is 10.9 Å². The molecule has 0 aliphatic heterocycles. The molecule has 2 rings (SSSR count). The second kappa shape index (κ2) is 5.79. The number of nitrogens with zero attached hydrogens (tertiary/aromatic N) is 1. The van der Waals surface area contributed by atoms with Gasteiger partial charge in [-0.3, -0.25) is 4.79 Å². The highest BCUT2D eigenvalue weighted by atomic mass is 127. The monoisotopic (exact) mass is 416 g/mol. The third-order valence-electron chi connectivity index (χ3n) is 2.35. The Balaban J connectivity index is 2.18. The quantitative estimate of drug-likeness (QED) is 0.751. The summed E-state index contributed by atoms with van der Waals surface area (Å²) in [6.45, 7) is 1.88. The Kier molecular flexibility index (Phi) is 4.34. The van der Waals surface area contributed by atoms with Gasteiger partial charge in [0.25, 0.3) is 5.91 Å². The Morgan fingerprint density at radius 1 is 1.33 bits per heavy atom. The van der Waals surface area contributed by atoms with Crippen molar-refractivity contribution < 1.29 is 4.79 Å². The topological polar surface area (TPSA) is 42.0 Å². The lowest BCUT2D eigenvalue weighted by Gasteiger charge is -2.06. The fraction of sp³-hybridized carbons (Fsp3) is 0.0769. The Morgan fingerprint density at radius 3 is 2.78 bits per heavy atom. The van der Waals surface area contributed by atoms with Crippen molar-refractivity contribution in [2.75, 3.05) is 5.32 Å². The van der Waals surface area contributed by atoms with E-state index in [1.807, 2.05) is 31.2 Å². The zero-order valence-corrected chi connectivity index (χ0v) is 13.3. The van der Waals surface area contributed by atoms with E-state index in [1.54, 1.807) is 12.1 Å². The van der Waals surface area contributed by atoms with Gasteiger partial charge >= 0.3 is 0 Å². The van der Waals surface area contributed by atoms with Gasteiger partial charge in [-0.25, -0.2) is 4.98 Å². The van der Waals surface area contributed by atoms with E-state index in [-0.39, 0.29) is 5.91 Å². The molecule has 0 fully saturated rings.